The second-order valence-electron chi connectivity index (χ2n) is 26.6. The molecule has 0 amide bonds. The van der Waals surface area contributed by atoms with Crippen LogP contribution in [0.4, 0.5) is 0 Å². The summed E-state index contributed by atoms with van der Waals surface area (Å²) >= 11 is 0. The van der Waals surface area contributed by atoms with E-state index in [1.54, 1.807) is 12.3 Å². The molecule has 2 aliphatic rings. The van der Waals surface area contributed by atoms with Gasteiger partial charge in [0, 0.05) is 88.1 Å². The topological polar surface area (TPSA) is 35.9 Å². The van der Waals surface area contributed by atoms with Gasteiger partial charge in [-0.2, -0.15) is 18.2 Å². The minimum Gasteiger partial charge on any atom is -0.510 e. The van der Waals surface area contributed by atoms with Gasteiger partial charge < -0.3 is 13.9 Å². The fourth-order valence-electron chi connectivity index (χ4n) is 13.2. The molecule has 0 N–H and O–H groups in total. The van der Waals surface area contributed by atoms with E-state index >= 15 is 0 Å². The third-order valence-electron chi connectivity index (χ3n) is 18.1. The monoisotopic (exact) mass is 1500 g/mol. The SMILES string of the molecule is [2H]c1c([2H])c2c(c([2H])c1-c1cc(C(C)(C)C)cc(-c3c([2H])c([2H])c4c(c3[2H])C(C([2H])([2H])[2H])(C([2H])([2H])[2H])C([2H])([2H])C([2H])([2H])C4(C([2H])([2H])[2H])C([2H])([2H])[2H])c1-[n+]1[c-]n(-c3[c-]c(Oc4[c-]c5c(cc4)c4cc([Si](c6ccccc6)(c6ccccc6)c6ccccc6)ccc4n5-c4cc(C(C)(C)C)ccn4)ccc3)c3ccccc31)C(C([2H])([2H])[2H])(C([2H])([2H])[2H])C([2H])([2H])C([2H])([2H])C2(C([2H])([2H])[2H])C([2H])([2H])[2H].[Pt]. The Morgan fingerprint density at radius 1 is 0.505 bits per heavy atom. The van der Waals surface area contributed by atoms with E-state index in [0.717, 1.165) is 59.3 Å². The van der Waals surface area contributed by atoms with Gasteiger partial charge in [0.25, 0.3) is 6.33 Å². The molecule has 13 aromatic rings. The zero-order valence-electron chi connectivity index (χ0n) is 91.5. The number of pyridine rings is 1. The molecule has 490 valence electrons. The summed E-state index contributed by atoms with van der Waals surface area (Å²) in [6, 6.07) is 53.8. The van der Waals surface area contributed by atoms with Crippen molar-refractivity contribution >= 4 is 61.7 Å². The van der Waals surface area contributed by atoms with Gasteiger partial charge in [-0.25, -0.2) is 4.98 Å². The van der Waals surface area contributed by atoms with Crippen LogP contribution in [0, 0.1) is 18.5 Å². The number of imidazole rings is 1. The molecule has 3 heterocycles. The Balaban J connectivity index is 0.0000146. The van der Waals surface area contributed by atoms with Crippen molar-refractivity contribution in [2.75, 3.05) is 0 Å². The molecule has 3 aromatic heterocycles. The molecular formula is C90H88N4OPtSi-2. The van der Waals surface area contributed by atoms with Crippen molar-refractivity contribution in [1.29, 1.82) is 0 Å². The number of hydrogen-bond donors (Lipinski definition) is 0. The predicted octanol–water partition coefficient (Wildman–Crippen LogP) is 19.6. The number of aromatic nitrogens is 4. The van der Waals surface area contributed by atoms with Gasteiger partial charge in [0.05, 0.1) is 24.9 Å². The van der Waals surface area contributed by atoms with Crippen LogP contribution >= 0.6 is 0 Å². The zero-order valence-corrected chi connectivity index (χ0v) is 56.8. The molecule has 15 rings (SSSR count). The van der Waals surface area contributed by atoms with Crippen LogP contribution in [0.2, 0.25) is 0 Å². The molecular weight excluding hydrogens is 1380 g/mol. The number of fused-ring (bicyclic) bond motifs is 6. The van der Waals surface area contributed by atoms with E-state index in [0.29, 0.717) is 11.3 Å². The zero-order chi connectivity index (χ0) is 99.3. The van der Waals surface area contributed by atoms with Crippen LogP contribution in [0.5, 0.6) is 11.5 Å². The van der Waals surface area contributed by atoms with E-state index in [9.17, 15) is 35.6 Å². The fourth-order valence-corrected chi connectivity index (χ4v) is 18.0. The van der Waals surface area contributed by atoms with Gasteiger partial charge in [0.1, 0.15) is 5.82 Å². The Kier molecular flexibility index (Phi) is 8.62. The quantitative estimate of drug-likeness (QED) is 0.0560. The Hall–Kier alpha value is -8.67. The van der Waals surface area contributed by atoms with Gasteiger partial charge in [0.2, 0.25) is 0 Å². The first-order valence-corrected chi connectivity index (χ1v) is 33.2. The van der Waals surface area contributed by atoms with Crippen LogP contribution in [0.15, 0.2) is 231 Å². The molecule has 0 saturated carbocycles. The third kappa shape index (κ3) is 11.4. The second-order valence-corrected chi connectivity index (χ2v) is 30.4. The van der Waals surface area contributed by atoms with Crippen molar-refractivity contribution in [3.8, 4) is 50.9 Å². The Morgan fingerprint density at radius 3 is 1.58 bits per heavy atom. The molecule has 97 heavy (non-hydrogen) atoms. The van der Waals surface area contributed by atoms with Crippen molar-refractivity contribution in [2.24, 2.45) is 0 Å². The summed E-state index contributed by atoms with van der Waals surface area (Å²) in [5.41, 5.74) is -31.9. The number of ether oxygens (including phenoxy) is 1. The number of nitrogens with zero attached hydrogens (tertiary/aromatic N) is 4. The molecule has 0 saturated heterocycles. The standard InChI is InChI=1S/C90H88N4OSi.Pt/c1-85(2,3)62-45-50-91-83(55-62)94-79-44-40-70(96(67-29-18-15-19-30-67,68-31-20-16-21-32-68)69-33-22-17-23-34-69)58-74(79)71-41-39-66(57-82(71)94)95-65-28-26-27-64(56-65)92-59-93(81-36-25-24-35-80(81)92)84-72(60-37-42-75-77(51-60)89(11,12)48-46-87(75,7)8)53-63(86(4,5)6)54-73(84)61-38-43-76-78(52-61)90(13,14)49-47-88(76,9)10;/h15-45,50-55,58H,46-49H2,1-14H3;/q-2;/i7D3,8D3,9D3,10D3,11D3,12D3,13D3,14D3,37D,38D,42D,43D,46D2,47D2,48D2,49D2,51D,52D;. The van der Waals surface area contributed by atoms with E-state index in [1.807, 2.05) is 77.4 Å². The first-order valence-electron chi connectivity index (χ1n) is 50.2. The van der Waals surface area contributed by atoms with Crippen LogP contribution in [-0.4, -0.2) is 22.2 Å². The van der Waals surface area contributed by atoms with Gasteiger partial charge >= 0.3 is 0 Å². The third-order valence-corrected chi connectivity index (χ3v) is 22.8. The molecule has 0 radical (unpaired) electrons. The summed E-state index contributed by atoms with van der Waals surface area (Å²) in [6.07, 6.45) is -14.5. The second kappa shape index (κ2) is 24.1. The smallest absolute Gasteiger partial charge is 0.268 e. The van der Waals surface area contributed by atoms with Crippen molar-refractivity contribution in [2.45, 2.75) is 154 Å². The van der Waals surface area contributed by atoms with Crippen LogP contribution in [-0.2, 0) is 53.6 Å². The summed E-state index contributed by atoms with van der Waals surface area (Å²) in [4.78, 5) is 4.98. The molecule has 0 bridgehead atoms. The average Bonchev–Trinajstić information content (AvgIpc) is 0.915. The molecule has 0 atom stereocenters. The van der Waals surface area contributed by atoms with Gasteiger partial charge in [-0.15, -0.1) is 29.7 Å². The number of rotatable bonds is 11. The summed E-state index contributed by atoms with van der Waals surface area (Å²) in [7, 11) is -3.18. The maximum atomic E-state index is 10.7. The average molecular weight is 1500 g/mol. The minimum atomic E-state index is -4.89. The first-order chi connectivity index (χ1) is 61.4. The molecule has 2 aliphatic carbocycles. The van der Waals surface area contributed by atoms with Crippen molar-refractivity contribution < 1.29 is 82.5 Å². The maximum Gasteiger partial charge on any atom is 0.268 e. The molecule has 7 heteroatoms. The molecule has 5 nitrogen and oxygen atoms in total. The Labute approximate surface area is 643 Å². The molecule has 0 unspecified atom stereocenters. The van der Waals surface area contributed by atoms with Crippen molar-refractivity contribution in [1.82, 2.24) is 14.1 Å². The van der Waals surface area contributed by atoms with Gasteiger partial charge in [-0.05, 0) is 164 Å². The van der Waals surface area contributed by atoms with E-state index in [1.165, 1.54) is 67.8 Å². The van der Waals surface area contributed by atoms with E-state index in [2.05, 4.69) is 93.8 Å². The number of para-hydroxylation sites is 2. The number of benzene rings is 10. The minimum absolute atomic E-state index is 0. The van der Waals surface area contributed by atoms with Crippen LogP contribution < -0.4 is 30.1 Å². The van der Waals surface area contributed by atoms with Gasteiger partial charge in [0.15, 0.2) is 8.07 Å². The van der Waals surface area contributed by atoms with Crippen LogP contribution in [0.25, 0.3) is 72.3 Å². The largest absolute Gasteiger partial charge is 0.510 e. The molecule has 10 aromatic carbocycles. The Bertz CT molecular complexity index is 6570. The van der Waals surface area contributed by atoms with Gasteiger partial charge in [-0.3, -0.25) is 4.57 Å². The maximum absolute atomic E-state index is 10.7. The molecule has 0 aliphatic heterocycles. The van der Waals surface area contributed by atoms with Crippen molar-refractivity contribution in [3.05, 3.63) is 282 Å². The van der Waals surface area contributed by atoms with E-state index in [-0.39, 0.29) is 60.3 Å². The van der Waals surface area contributed by atoms with Crippen LogP contribution in [0.3, 0.4) is 0 Å². The fraction of sp³-hybridized carbons (Fsp3) is 0.267. The number of hydrogen-bond acceptors (Lipinski definition) is 2. The molecule has 0 spiro atoms. The van der Waals surface area contributed by atoms with Crippen LogP contribution in [0.1, 0.15) is 207 Å². The van der Waals surface area contributed by atoms with Crippen molar-refractivity contribution in [3.63, 3.8) is 0 Å². The Morgan fingerprint density at radius 2 is 1.03 bits per heavy atom. The normalized spacial score (nSPS) is 24.5. The van der Waals surface area contributed by atoms with Gasteiger partial charge in [-0.1, -0.05) is 278 Å². The summed E-state index contributed by atoms with van der Waals surface area (Å²) in [5, 5.41) is 5.99. The molecule has 0 fully saturated rings. The summed E-state index contributed by atoms with van der Waals surface area (Å²) < 4.78 is 371. The first kappa shape index (κ1) is 34.7. The van der Waals surface area contributed by atoms with E-state index in [4.69, 9.17) is 26.2 Å². The predicted molar refractivity (Wildman–Crippen MR) is 402 cm³/mol. The summed E-state index contributed by atoms with van der Waals surface area (Å²) in [6.45, 7) is -26.0. The summed E-state index contributed by atoms with van der Waals surface area (Å²) in [5.74, 6) is 0.607. The van der Waals surface area contributed by atoms with E-state index < -0.39 is 202 Å².